The predicted molar refractivity (Wildman–Crippen MR) is 132 cm³/mol. The zero-order valence-corrected chi connectivity index (χ0v) is 20.9. The Hall–Kier alpha value is -2.65. The number of carbonyl (C=O) groups excluding carboxylic acids is 1. The van der Waals surface area contributed by atoms with Gasteiger partial charge < -0.3 is 0 Å². The molecule has 0 aromatic carbocycles. The third-order valence-corrected chi connectivity index (χ3v) is 7.58. The van der Waals surface area contributed by atoms with Crippen molar-refractivity contribution in [2.45, 2.75) is 66.3 Å². The summed E-state index contributed by atoms with van der Waals surface area (Å²) in [6, 6.07) is 4.11. The average molecular weight is 469 g/mol. The van der Waals surface area contributed by atoms with E-state index in [9.17, 15) is 4.79 Å². The van der Waals surface area contributed by atoms with E-state index in [1.165, 1.54) is 21.1 Å². The summed E-state index contributed by atoms with van der Waals surface area (Å²) in [6.07, 6.45) is 3.73. The summed E-state index contributed by atoms with van der Waals surface area (Å²) in [5.74, 6) is 0.144. The van der Waals surface area contributed by atoms with E-state index in [1.807, 2.05) is 10.7 Å². The Bertz CT molecular complexity index is 1260. The molecule has 4 rings (SSSR count). The highest BCUT2D eigenvalue weighted by Gasteiger charge is 2.21. The van der Waals surface area contributed by atoms with Crippen LogP contribution in [0.2, 0.25) is 0 Å². The van der Waals surface area contributed by atoms with Gasteiger partial charge in [0.05, 0.1) is 22.8 Å². The van der Waals surface area contributed by atoms with Crippen molar-refractivity contribution in [1.29, 1.82) is 0 Å². The molecule has 1 amide bonds. The topological polar surface area (TPSA) is 85.6 Å². The van der Waals surface area contributed by atoms with E-state index in [-0.39, 0.29) is 11.9 Å². The fourth-order valence-electron chi connectivity index (χ4n) is 3.86. The summed E-state index contributed by atoms with van der Waals surface area (Å²) >= 11 is 3.17. The van der Waals surface area contributed by atoms with E-state index >= 15 is 0 Å². The predicted octanol–water partition coefficient (Wildman–Crippen LogP) is 6.36. The molecule has 0 saturated heterocycles. The molecule has 0 aliphatic rings. The van der Waals surface area contributed by atoms with Crippen molar-refractivity contribution in [2.75, 3.05) is 5.32 Å². The number of thiophene rings is 1. The second-order valence-corrected chi connectivity index (χ2v) is 10.7. The van der Waals surface area contributed by atoms with E-state index in [4.69, 9.17) is 4.98 Å². The number of amides is 1. The van der Waals surface area contributed by atoms with Crippen LogP contribution >= 0.6 is 22.7 Å². The largest absolute Gasteiger partial charge is 0.296 e. The van der Waals surface area contributed by atoms with Crippen molar-refractivity contribution < 1.29 is 4.79 Å². The number of carbonyl (C=O) groups is 1. The molecule has 0 aliphatic carbocycles. The van der Waals surface area contributed by atoms with E-state index in [0.29, 0.717) is 22.3 Å². The summed E-state index contributed by atoms with van der Waals surface area (Å²) in [7, 11) is 0. The number of rotatable bonds is 7. The van der Waals surface area contributed by atoms with Gasteiger partial charge in [-0.3, -0.25) is 10.1 Å². The van der Waals surface area contributed by atoms with Gasteiger partial charge in [0.25, 0.3) is 5.91 Å². The maximum atomic E-state index is 13.4. The van der Waals surface area contributed by atoms with Crippen LogP contribution in [0.25, 0.3) is 22.3 Å². The molecule has 9 heteroatoms. The van der Waals surface area contributed by atoms with Crippen molar-refractivity contribution in [3.05, 3.63) is 38.7 Å². The lowest BCUT2D eigenvalue weighted by Gasteiger charge is -2.10. The molecule has 0 spiro atoms. The lowest BCUT2D eigenvalue weighted by atomic mass is 10.1. The Morgan fingerprint density at radius 1 is 1.12 bits per heavy atom. The van der Waals surface area contributed by atoms with Crippen molar-refractivity contribution >= 4 is 44.7 Å². The van der Waals surface area contributed by atoms with Gasteiger partial charge in [0.1, 0.15) is 5.01 Å². The molecule has 32 heavy (non-hydrogen) atoms. The van der Waals surface area contributed by atoms with Crippen LogP contribution in [0, 0.1) is 13.8 Å². The standard InChI is InChI=1S/C23H28N6OS2/c1-7-15(8-2)22-27-28-23(32-22)26-21(30)17-10-19(16-9-13(5)31-14(16)6)25-20-18(17)11-24-29(20)12(3)4/h9-12,15H,7-8H2,1-6H3,(H,26,28,30). The number of hydrogen-bond donors (Lipinski definition) is 1. The Balaban J connectivity index is 1.77. The second-order valence-electron chi connectivity index (χ2n) is 8.22. The van der Waals surface area contributed by atoms with Crippen LogP contribution in [0.5, 0.6) is 0 Å². The SMILES string of the molecule is CCC(CC)c1nnc(NC(=O)c2cc(-c3cc(C)sc3C)nc3c2cnn3C(C)C)s1. The van der Waals surface area contributed by atoms with Gasteiger partial charge in [0.2, 0.25) is 5.13 Å². The Morgan fingerprint density at radius 3 is 2.50 bits per heavy atom. The molecule has 7 nitrogen and oxygen atoms in total. The number of nitrogens with one attached hydrogen (secondary N) is 1. The van der Waals surface area contributed by atoms with Crippen LogP contribution in [-0.4, -0.2) is 30.9 Å². The zero-order chi connectivity index (χ0) is 23.0. The Kier molecular flexibility index (Phi) is 6.39. The van der Waals surface area contributed by atoms with Crippen molar-refractivity contribution in [1.82, 2.24) is 25.0 Å². The number of hydrogen-bond acceptors (Lipinski definition) is 7. The highest BCUT2D eigenvalue weighted by atomic mass is 32.1. The van der Waals surface area contributed by atoms with Gasteiger partial charge in [0, 0.05) is 27.3 Å². The van der Waals surface area contributed by atoms with Crippen LogP contribution < -0.4 is 5.32 Å². The van der Waals surface area contributed by atoms with Gasteiger partial charge in [-0.25, -0.2) is 9.67 Å². The molecule has 0 bridgehead atoms. The lowest BCUT2D eigenvalue weighted by Crippen LogP contribution is -2.13. The molecule has 0 atom stereocenters. The van der Waals surface area contributed by atoms with Crippen LogP contribution in [0.3, 0.4) is 0 Å². The number of fused-ring (bicyclic) bond motifs is 1. The number of aromatic nitrogens is 5. The summed E-state index contributed by atoms with van der Waals surface area (Å²) < 4.78 is 1.86. The molecular formula is C23H28N6OS2. The van der Waals surface area contributed by atoms with Gasteiger partial charge in [0.15, 0.2) is 5.65 Å². The van der Waals surface area contributed by atoms with Gasteiger partial charge in [-0.1, -0.05) is 25.2 Å². The molecule has 0 saturated carbocycles. The molecule has 4 aromatic heterocycles. The molecule has 0 unspecified atom stereocenters. The van der Waals surface area contributed by atoms with E-state index in [0.717, 1.165) is 34.5 Å². The Labute approximate surface area is 195 Å². The summed E-state index contributed by atoms with van der Waals surface area (Å²) in [4.78, 5) is 20.7. The highest BCUT2D eigenvalue weighted by molar-refractivity contribution is 7.15. The molecule has 0 fully saturated rings. The molecule has 1 N–H and O–H groups in total. The first-order valence-corrected chi connectivity index (χ1v) is 12.6. The van der Waals surface area contributed by atoms with Crippen molar-refractivity contribution in [3.63, 3.8) is 0 Å². The van der Waals surface area contributed by atoms with Gasteiger partial charge >= 0.3 is 0 Å². The zero-order valence-electron chi connectivity index (χ0n) is 19.3. The molecule has 0 radical (unpaired) electrons. The lowest BCUT2D eigenvalue weighted by molar-refractivity contribution is 0.102. The number of pyridine rings is 1. The van der Waals surface area contributed by atoms with Crippen molar-refractivity contribution in [2.24, 2.45) is 0 Å². The van der Waals surface area contributed by atoms with Crippen LogP contribution in [0.1, 0.15) is 77.6 Å². The minimum atomic E-state index is -0.223. The number of aryl methyl sites for hydroxylation is 2. The van der Waals surface area contributed by atoms with Crippen LogP contribution in [0.4, 0.5) is 5.13 Å². The molecular weight excluding hydrogens is 440 g/mol. The normalized spacial score (nSPS) is 11.8. The van der Waals surface area contributed by atoms with Gasteiger partial charge in [-0.15, -0.1) is 21.5 Å². The first-order valence-electron chi connectivity index (χ1n) is 10.9. The van der Waals surface area contributed by atoms with E-state index in [1.54, 1.807) is 17.5 Å². The molecule has 0 aliphatic heterocycles. The average Bonchev–Trinajstić information content (AvgIpc) is 3.46. The van der Waals surface area contributed by atoms with Crippen molar-refractivity contribution in [3.8, 4) is 11.3 Å². The van der Waals surface area contributed by atoms with Gasteiger partial charge in [-0.2, -0.15) is 5.10 Å². The summed E-state index contributed by atoms with van der Waals surface area (Å²) in [5, 5.41) is 18.2. The first-order chi connectivity index (χ1) is 15.3. The van der Waals surface area contributed by atoms with Gasteiger partial charge in [-0.05, 0) is 52.7 Å². The molecule has 4 heterocycles. The number of anilines is 1. The quantitative estimate of drug-likeness (QED) is 0.341. The fourth-order valence-corrected chi connectivity index (χ4v) is 5.80. The molecule has 168 valence electrons. The second kappa shape index (κ2) is 9.07. The first kappa shape index (κ1) is 22.5. The Morgan fingerprint density at radius 2 is 1.88 bits per heavy atom. The monoisotopic (exact) mass is 468 g/mol. The van der Waals surface area contributed by atoms with E-state index < -0.39 is 0 Å². The van der Waals surface area contributed by atoms with E-state index in [2.05, 4.69) is 68.2 Å². The maximum absolute atomic E-state index is 13.4. The van der Waals surface area contributed by atoms with Crippen LogP contribution in [-0.2, 0) is 0 Å². The third-order valence-electron chi connectivity index (χ3n) is 5.61. The minimum Gasteiger partial charge on any atom is -0.296 e. The van der Waals surface area contributed by atoms with Crippen LogP contribution in [0.15, 0.2) is 18.3 Å². The minimum absolute atomic E-state index is 0.127. The molecule has 4 aromatic rings. The third kappa shape index (κ3) is 4.19. The number of nitrogens with zero attached hydrogens (tertiary/aromatic N) is 5. The summed E-state index contributed by atoms with van der Waals surface area (Å²) in [6.45, 7) is 12.6. The summed E-state index contributed by atoms with van der Waals surface area (Å²) in [5.41, 5.74) is 3.08. The smallest absolute Gasteiger partial charge is 0.258 e. The highest BCUT2D eigenvalue weighted by Crippen LogP contribution is 2.33. The maximum Gasteiger partial charge on any atom is 0.258 e. The fraction of sp³-hybridized carbons (Fsp3) is 0.435.